The molecule has 1 saturated carbocycles. The van der Waals surface area contributed by atoms with Gasteiger partial charge in [0.25, 0.3) is 11.8 Å². The van der Waals surface area contributed by atoms with Gasteiger partial charge in [-0.3, -0.25) is 63.4 Å². The Morgan fingerprint density at radius 1 is 0.650 bits per heavy atom. The molecular formula is C70H110N12O18. The molecule has 4 rings (SSSR count). The molecule has 0 bridgehead atoms. The first-order valence-electron chi connectivity index (χ1n) is 34.5. The quantitative estimate of drug-likeness (QED) is 0.0258. The molecule has 1 saturated heterocycles. The largest absolute Gasteiger partial charge is 0.496 e. The van der Waals surface area contributed by atoms with Gasteiger partial charge in [-0.25, -0.2) is 4.79 Å². The molecule has 2 fully saturated rings. The zero-order valence-electron chi connectivity index (χ0n) is 59.6. The van der Waals surface area contributed by atoms with Crippen molar-refractivity contribution in [2.24, 2.45) is 5.92 Å². The first-order valence-corrected chi connectivity index (χ1v) is 34.5. The Hall–Kier alpha value is -8.10. The minimum absolute atomic E-state index is 0.00401. The Balaban J connectivity index is 1.16. The average Bonchev–Trinajstić information content (AvgIpc) is 0.789. The highest BCUT2D eigenvalue weighted by molar-refractivity contribution is 6.43. The predicted octanol–water partition coefficient (Wildman–Crippen LogP) is 3.22. The Morgan fingerprint density at radius 3 is 1.57 bits per heavy atom. The summed E-state index contributed by atoms with van der Waals surface area (Å²) in [5.74, 6) is -5.42. The lowest BCUT2D eigenvalue weighted by Gasteiger charge is -2.39. The maximum Gasteiger partial charge on any atom is 0.333 e. The topological polar surface area (TPSA) is 384 Å². The van der Waals surface area contributed by atoms with Gasteiger partial charge in [-0.15, -0.1) is 0 Å². The molecule has 10 N–H and O–H groups in total. The first kappa shape index (κ1) is 84.3. The fourth-order valence-corrected chi connectivity index (χ4v) is 11.6. The molecule has 0 radical (unpaired) electrons. The van der Waals surface area contributed by atoms with Crippen LogP contribution in [0.4, 0.5) is 5.69 Å². The highest BCUT2D eigenvalue weighted by Gasteiger charge is 2.46. The van der Waals surface area contributed by atoms with Crippen molar-refractivity contribution in [1.29, 1.82) is 5.41 Å². The number of hydrogen-bond donors (Lipinski definition) is 10. The summed E-state index contributed by atoms with van der Waals surface area (Å²) in [6, 6.07) is 10.4. The molecule has 558 valence electrons. The summed E-state index contributed by atoms with van der Waals surface area (Å²) < 4.78 is 28.4. The van der Waals surface area contributed by atoms with E-state index in [0.717, 1.165) is 18.5 Å². The van der Waals surface area contributed by atoms with Crippen molar-refractivity contribution in [3.63, 3.8) is 0 Å². The summed E-state index contributed by atoms with van der Waals surface area (Å²) in [5, 5.41) is 62.4. The van der Waals surface area contributed by atoms with Crippen molar-refractivity contribution < 1.29 is 87.3 Å². The van der Waals surface area contributed by atoms with E-state index < -0.39 is 41.0 Å². The van der Waals surface area contributed by atoms with Crippen LogP contribution < -0.4 is 36.1 Å². The molecule has 2 unspecified atom stereocenters. The van der Waals surface area contributed by atoms with Crippen LogP contribution in [-0.2, 0) is 52.6 Å². The number of nitrogens with one attached hydrogen (secondary N) is 6. The average molecular weight is 1410 g/mol. The summed E-state index contributed by atoms with van der Waals surface area (Å²) in [6.07, 6.45) is 5.51. The number of aliphatic carboxylic acids is 4. The number of nitrogens with zero attached hydrogens (tertiary/aromatic N) is 6. The SMILES string of the molecule is C=C1CC(CC)CCC1(NC(=O)C(=N)/C=C(\Nc1ccc(C(=O)N(CCCNC(=O)CCC(=O)NCCCOCCOCCOCCCNC(=O)CN2CCN(CC(=O)O)CCN(CC(=O)O)CCN(CC(=O)O)CC2)CCCN(C)C)cc1C(C)C)c1c(OC)cccc1OC)C(=O)O. The van der Waals surface area contributed by atoms with Crippen LogP contribution in [0.25, 0.3) is 5.70 Å². The summed E-state index contributed by atoms with van der Waals surface area (Å²) in [6.45, 7) is 16.3. The van der Waals surface area contributed by atoms with Crippen molar-refractivity contribution >= 4 is 70.5 Å². The van der Waals surface area contributed by atoms with E-state index in [9.17, 15) is 63.6 Å². The van der Waals surface area contributed by atoms with E-state index in [0.29, 0.717) is 164 Å². The second-order valence-corrected chi connectivity index (χ2v) is 25.6. The van der Waals surface area contributed by atoms with Gasteiger partial charge in [-0.05, 0) is 125 Å². The molecule has 30 heteroatoms. The van der Waals surface area contributed by atoms with E-state index in [1.807, 2.05) is 50.7 Å². The van der Waals surface area contributed by atoms with Crippen LogP contribution >= 0.6 is 0 Å². The Morgan fingerprint density at radius 2 is 1.12 bits per heavy atom. The van der Waals surface area contributed by atoms with E-state index in [-0.39, 0.29) is 119 Å². The number of ether oxygens (including phenoxy) is 5. The second-order valence-electron chi connectivity index (χ2n) is 25.6. The fraction of sp³-hybridized carbons (Fsp3) is 0.629. The lowest BCUT2D eigenvalue weighted by Crippen LogP contribution is -2.58. The molecule has 5 amide bonds. The summed E-state index contributed by atoms with van der Waals surface area (Å²) >= 11 is 0. The van der Waals surface area contributed by atoms with Crippen LogP contribution in [0.15, 0.2) is 54.6 Å². The smallest absolute Gasteiger partial charge is 0.333 e. The minimum Gasteiger partial charge on any atom is -0.496 e. The number of carbonyl (C=O) groups is 9. The summed E-state index contributed by atoms with van der Waals surface area (Å²) in [7, 11) is 6.88. The van der Waals surface area contributed by atoms with Crippen molar-refractivity contribution in [3.05, 3.63) is 71.3 Å². The molecule has 2 aliphatic rings. The third-order valence-corrected chi connectivity index (χ3v) is 17.3. The fourth-order valence-electron chi connectivity index (χ4n) is 11.6. The molecule has 2 aromatic carbocycles. The van der Waals surface area contributed by atoms with E-state index >= 15 is 0 Å². The van der Waals surface area contributed by atoms with Crippen molar-refractivity contribution in [3.8, 4) is 11.5 Å². The number of hydrogen-bond acceptors (Lipinski definition) is 21. The number of anilines is 1. The molecule has 0 aromatic heterocycles. The first-order chi connectivity index (χ1) is 47.8. The number of benzene rings is 2. The second kappa shape index (κ2) is 45.6. The Labute approximate surface area is 587 Å². The van der Waals surface area contributed by atoms with Gasteiger partial charge < -0.3 is 80.5 Å². The van der Waals surface area contributed by atoms with Crippen LogP contribution in [0.1, 0.15) is 112 Å². The molecule has 1 aliphatic heterocycles. The molecular weight excluding hydrogens is 1300 g/mol. The van der Waals surface area contributed by atoms with Gasteiger partial charge in [0.05, 0.1) is 78.1 Å². The van der Waals surface area contributed by atoms with E-state index in [1.54, 1.807) is 49.9 Å². The van der Waals surface area contributed by atoms with Gasteiger partial charge in [0.2, 0.25) is 17.7 Å². The minimum atomic E-state index is -1.73. The maximum absolute atomic E-state index is 14.5. The van der Waals surface area contributed by atoms with Crippen molar-refractivity contribution in [2.75, 3.05) is 191 Å². The molecule has 100 heavy (non-hydrogen) atoms. The van der Waals surface area contributed by atoms with Crippen LogP contribution in [0.3, 0.4) is 0 Å². The van der Waals surface area contributed by atoms with Gasteiger partial charge >= 0.3 is 23.9 Å². The van der Waals surface area contributed by atoms with Crippen LogP contribution in [0.2, 0.25) is 0 Å². The number of methoxy groups -OCH3 is 2. The van der Waals surface area contributed by atoms with E-state index in [1.165, 1.54) is 20.3 Å². The number of carbonyl (C=O) groups excluding carboxylic acids is 5. The van der Waals surface area contributed by atoms with Crippen molar-refractivity contribution in [1.82, 2.24) is 50.7 Å². The lowest BCUT2D eigenvalue weighted by atomic mass is 9.72. The Bertz CT molecular complexity index is 2990. The van der Waals surface area contributed by atoms with E-state index in [4.69, 9.17) is 29.1 Å². The molecule has 30 nitrogen and oxygen atoms in total. The molecule has 0 spiro atoms. The molecule has 1 aliphatic carbocycles. The van der Waals surface area contributed by atoms with E-state index in [2.05, 4.69) is 33.2 Å². The normalized spacial score (nSPS) is 16.9. The molecule has 2 atom stereocenters. The highest BCUT2D eigenvalue weighted by atomic mass is 16.5. The number of rotatable bonds is 45. The monoisotopic (exact) mass is 1410 g/mol. The van der Waals surface area contributed by atoms with Gasteiger partial charge in [0.1, 0.15) is 17.2 Å². The summed E-state index contributed by atoms with van der Waals surface area (Å²) in [4.78, 5) is 125. The summed E-state index contributed by atoms with van der Waals surface area (Å²) in [5.41, 5.74) is 0.484. The van der Waals surface area contributed by atoms with Crippen LogP contribution in [0, 0.1) is 11.3 Å². The number of amides is 5. The molecule has 1 heterocycles. The highest BCUT2D eigenvalue weighted by Crippen LogP contribution is 2.39. The van der Waals surface area contributed by atoms with Gasteiger partial charge in [-0.1, -0.05) is 39.8 Å². The lowest BCUT2D eigenvalue weighted by molar-refractivity contribution is -0.146. The van der Waals surface area contributed by atoms with Gasteiger partial charge in [0, 0.05) is 122 Å². The third-order valence-electron chi connectivity index (χ3n) is 17.3. The van der Waals surface area contributed by atoms with Gasteiger partial charge in [0.15, 0.2) is 5.54 Å². The maximum atomic E-state index is 14.5. The van der Waals surface area contributed by atoms with Crippen LogP contribution in [-0.4, -0.2) is 300 Å². The number of carboxylic acid groups (broad SMARTS) is 4. The standard InChI is InChI=1S/C70H110N12O18/c1-9-52-21-22-70(69(94)95,51(4)43-52)76-67(92)55(71)45-57(66-58(96-7)15-10-16-59(66)97-8)75-56-18-17-53(44-54(56)50(2)3)68(93)82(28-14-26-77(5)6)27-11-23-72-60(83)19-20-61(84)73-24-12-37-98-39-41-100-42-40-99-38-13-25-74-62(85)46-78-29-31-79(47-63(86)87)33-35-81(49-65(90)91)36-34-80(32-30-78)48-64(88)89/h10,15-18,44-45,50,52,71,75H,4,9,11-14,19-43,46-49H2,1-3,5-8H3,(H,72,83)(H,73,84)(H,74,85)(H,76,92)(H,86,87)(H,88,89)(H,90,91)(H,94,95)/b57-45-,71-55?. The van der Waals surface area contributed by atoms with Gasteiger partial charge in [-0.2, -0.15) is 0 Å². The Kier molecular flexibility index (Phi) is 38.5. The zero-order chi connectivity index (χ0) is 73.6. The number of carboxylic acids is 4. The third kappa shape index (κ3) is 30.8. The van der Waals surface area contributed by atoms with Crippen LogP contribution in [0.5, 0.6) is 11.5 Å². The molecule has 2 aromatic rings. The zero-order valence-corrected chi connectivity index (χ0v) is 59.6. The predicted molar refractivity (Wildman–Crippen MR) is 377 cm³/mol. The van der Waals surface area contributed by atoms with Crippen molar-refractivity contribution in [2.45, 2.75) is 96.4 Å².